The minimum Gasteiger partial charge on any atom is -0.396 e. The van der Waals surface area contributed by atoms with Crippen LogP contribution in [0.25, 0.3) is 10.9 Å². The smallest absolute Gasteiger partial charge is 0.272 e. The topological polar surface area (TPSA) is 73.7 Å². The molecule has 0 saturated carbocycles. The molecule has 2 atom stereocenters. The van der Waals surface area contributed by atoms with Crippen LogP contribution in [0.5, 0.6) is 0 Å². The molecular weight excluding hydrogens is 378 g/mol. The molecule has 2 aliphatic heterocycles. The van der Waals surface area contributed by atoms with Gasteiger partial charge in [-0.25, -0.2) is 4.98 Å². The van der Waals surface area contributed by atoms with Crippen molar-refractivity contribution >= 4 is 22.7 Å². The van der Waals surface area contributed by atoms with Crippen molar-refractivity contribution in [2.24, 2.45) is 23.7 Å². The van der Waals surface area contributed by atoms with Crippen LogP contribution >= 0.6 is 0 Å². The van der Waals surface area contributed by atoms with E-state index in [1.807, 2.05) is 54.0 Å². The quantitative estimate of drug-likeness (QED) is 0.843. The molecule has 1 aromatic carbocycles. The highest BCUT2D eigenvalue weighted by atomic mass is 16.3. The highest BCUT2D eigenvalue weighted by Gasteiger charge is 2.41. The molecule has 3 heterocycles. The van der Waals surface area contributed by atoms with Crippen molar-refractivity contribution in [2.45, 2.75) is 26.7 Å². The number of aromatic nitrogens is 1. The number of fused-ring (bicyclic) bond motifs is 1. The van der Waals surface area contributed by atoms with Crippen molar-refractivity contribution < 1.29 is 14.7 Å². The number of para-hydroxylation sites is 1. The van der Waals surface area contributed by atoms with Crippen LogP contribution in [0.3, 0.4) is 0 Å². The third kappa shape index (κ3) is 4.06. The predicted molar refractivity (Wildman–Crippen MR) is 116 cm³/mol. The van der Waals surface area contributed by atoms with Gasteiger partial charge in [0.15, 0.2) is 0 Å². The first-order valence-electron chi connectivity index (χ1n) is 11.0. The van der Waals surface area contributed by atoms with Gasteiger partial charge in [0.1, 0.15) is 5.69 Å². The number of aliphatic hydroxyl groups is 1. The van der Waals surface area contributed by atoms with Crippen LogP contribution in [-0.2, 0) is 4.79 Å². The van der Waals surface area contributed by atoms with Crippen molar-refractivity contribution in [2.75, 3.05) is 32.8 Å². The lowest BCUT2D eigenvalue weighted by atomic mass is 9.78. The number of benzene rings is 1. The van der Waals surface area contributed by atoms with Crippen LogP contribution < -0.4 is 0 Å². The SMILES string of the molecule is CC(C)C(=O)N1CCC([C@@H]2CN(C(=O)c3ccc4ccccc4n3)C[C@H]2CO)CC1. The molecule has 30 heavy (non-hydrogen) atoms. The van der Waals surface area contributed by atoms with Gasteiger partial charge in [-0.3, -0.25) is 9.59 Å². The molecule has 1 N–H and O–H groups in total. The largest absolute Gasteiger partial charge is 0.396 e. The van der Waals surface area contributed by atoms with E-state index in [0.717, 1.165) is 36.8 Å². The monoisotopic (exact) mass is 409 g/mol. The normalized spacial score (nSPS) is 22.8. The summed E-state index contributed by atoms with van der Waals surface area (Å²) in [6.45, 7) is 6.74. The third-order valence-electron chi connectivity index (χ3n) is 6.78. The third-order valence-corrected chi connectivity index (χ3v) is 6.78. The second kappa shape index (κ2) is 8.72. The Labute approximate surface area is 177 Å². The summed E-state index contributed by atoms with van der Waals surface area (Å²) in [5, 5.41) is 11.0. The Morgan fingerprint density at radius 1 is 1.07 bits per heavy atom. The van der Waals surface area contributed by atoms with Crippen LogP contribution in [0.2, 0.25) is 0 Å². The van der Waals surface area contributed by atoms with E-state index in [0.29, 0.717) is 24.7 Å². The minimum absolute atomic E-state index is 0.0285. The first-order valence-corrected chi connectivity index (χ1v) is 11.0. The van der Waals surface area contributed by atoms with Gasteiger partial charge in [0.2, 0.25) is 5.91 Å². The van der Waals surface area contributed by atoms with Crippen LogP contribution in [0.15, 0.2) is 36.4 Å². The number of hydrogen-bond donors (Lipinski definition) is 1. The van der Waals surface area contributed by atoms with Crippen molar-refractivity contribution in [3.8, 4) is 0 Å². The number of aliphatic hydroxyl groups excluding tert-OH is 1. The average Bonchev–Trinajstić information content (AvgIpc) is 3.22. The van der Waals surface area contributed by atoms with Gasteiger partial charge in [-0.2, -0.15) is 0 Å². The Morgan fingerprint density at radius 3 is 2.50 bits per heavy atom. The minimum atomic E-state index is -0.0610. The standard InChI is InChI=1S/C24H31N3O3/c1-16(2)23(29)26-11-9-17(10-12-26)20-14-27(13-19(20)15-28)24(30)22-8-7-18-5-3-4-6-21(18)25-22/h3-8,16-17,19-20,28H,9-15H2,1-2H3/t19-,20-/m0/s1. The number of nitrogens with zero attached hydrogens (tertiary/aromatic N) is 3. The van der Waals surface area contributed by atoms with Gasteiger partial charge >= 0.3 is 0 Å². The van der Waals surface area contributed by atoms with Gasteiger partial charge in [0.25, 0.3) is 5.91 Å². The van der Waals surface area contributed by atoms with Crippen LogP contribution in [-0.4, -0.2) is 64.5 Å². The molecule has 2 aromatic rings. The number of piperidine rings is 1. The Hall–Kier alpha value is -2.47. The summed E-state index contributed by atoms with van der Waals surface area (Å²) in [5.74, 6) is 0.982. The molecule has 0 radical (unpaired) electrons. The fraction of sp³-hybridized carbons (Fsp3) is 0.542. The van der Waals surface area contributed by atoms with Crippen LogP contribution in [0.4, 0.5) is 0 Å². The van der Waals surface area contributed by atoms with E-state index in [1.165, 1.54) is 0 Å². The van der Waals surface area contributed by atoms with Gasteiger partial charge in [0, 0.05) is 50.0 Å². The number of likely N-dealkylation sites (tertiary alicyclic amines) is 2. The average molecular weight is 410 g/mol. The fourth-order valence-electron chi connectivity index (χ4n) is 5.05. The Morgan fingerprint density at radius 2 is 1.80 bits per heavy atom. The van der Waals surface area contributed by atoms with Gasteiger partial charge in [-0.05, 0) is 36.8 Å². The first kappa shape index (κ1) is 20.8. The second-order valence-corrected chi connectivity index (χ2v) is 9.02. The summed E-state index contributed by atoms with van der Waals surface area (Å²) in [6, 6.07) is 11.5. The molecule has 2 saturated heterocycles. The summed E-state index contributed by atoms with van der Waals surface area (Å²) in [7, 11) is 0. The van der Waals surface area contributed by atoms with Crippen LogP contribution in [0, 0.1) is 23.7 Å². The van der Waals surface area contributed by atoms with E-state index in [9.17, 15) is 14.7 Å². The summed E-state index contributed by atoms with van der Waals surface area (Å²) in [5.41, 5.74) is 1.28. The summed E-state index contributed by atoms with van der Waals surface area (Å²) < 4.78 is 0. The molecule has 160 valence electrons. The summed E-state index contributed by atoms with van der Waals surface area (Å²) >= 11 is 0. The number of rotatable bonds is 4. The highest BCUT2D eigenvalue weighted by Crippen LogP contribution is 2.36. The van der Waals surface area contributed by atoms with Crippen molar-refractivity contribution in [3.05, 3.63) is 42.1 Å². The van der Waals surface area contributed by atoms with E-state index in [-0.39, 0.29) is 36.2 Å². The molecule has 6 nitrogen and oxygen atoms in total. The number of carbonyl (C=O) groups is 2. The molecule has 2 amide bonds. The Bertz CT molecular complexity index is 921. The zero-order chi connectivity index (χ0) is 21.3. The first-order chi connectivity index (χ1) is 14.5. The highest BCUT2D eigenvalue weighted by molar-refractivity contribution is 5.95. The lowest BCUT2D eigenvalue weighted by molar-refractivity contribution is -0.136. The molecule has 1 aromatic heterocycles. The number of carbonyl (C=O) groups excluding carboxylic acids is 2. The molecule has 0 unspecified atom stereocenters. The van der Waals surface area contributed by atoms with Gasteiger partial charge in [0.05, 0.1) is 5.52 Å². The van der Waals surface area contributed by atoms with Gasteiger partial charge in [-0.1, -0.05) is 38.1 Å². The van der Waals surface area contributed by atoms with E-state index >= 15 is 0 Å². The molecule has 0 bridgehead atoms. The maximum Gasteiger partial charge on any atom is 0.272 e. The van der Waals surface area contributed by atoms with E-state index in [1.54, 1.807) is 6.07 Å². The van der Waals surface area contributed by atoms with Crippen molar-refractivity contribution in [1.82, 2.24) is 14.8 Å². The second-order valence-electron chi connectivity index (χ2n) is 9.02. The summed E-state index contributed by atoms with van der Waals surface area (Å²) in [4.78, 5) is 33.8. The van der Waals surface area contributed by atoms with Gasteiger partial charge in [-0.15, -0.1) is 0 Å². The van der Waals surface area contributed by atoms with E-state index in [4.69, 9.17) is 0 Å². The van der Waals surface area contributed by atoms with Crippen molar-refractivity contribution in [3.63, 3.8) is 0 Å². The molecule has 2 aliphatic rings. The Kier molecular flexibility index (Phi) is 6.04. The fourth-order valence-corrected chi connectivity index (χ4v) is 5.05. The van der Waals surface area contributed by atoms with Gasteiger partial charge < -0.3 is 14.9 Å². The summed E-state index contributed by atoms with van der Waals surface area (Å²) in [6.07, 6.45) is 1.88. The number of hydrogen-bond acceptors (Lipinski definition) is 4. The molecular formula is C24H31N3O3. The predicted octanol–water partition coefficient (Wildman–Crippen LogP) is 2.81. The molecule has 4 rings (SSSR count). The number of pyridine rings is 1. The zero-order valence-corrected chi connectivity index (χ0v) is 17.8. The lowest BCUT2D eigenvalue weighted by Crippen LogP contribution is -2.43. The van der Waals surface area contributed by atoms with E-state index < -0.39 is 0 Å². The Balaban J connectivity index is 1.43. The van der Waals surface area contributed by atoms with E-state index in [2.05, 4.69) is 4.98 Å². The molecule has 0 spiro atoms. The lowest BCUT2D eigenvalue weighted by Gasteiger charge is -2.37. The molecule has 6 heteroatoms. The van der Waals surface area contributed by atoms with Crippen LogP contribution in [0.1, 0.15) is 37.2 Å². The zero-order valence-electron chi connectivity index (χ0n) is 17.8. The number of amides is 2. The maximum absolute atomic E-state index is 13.1. The molecule has 2 fully saturated rings. The van der Waals surface area contributed by atoms with Crippen molar-refractivity contribution in [1.29, 1.82) is 0 Å². The molecule has 0 aliphatic carbocycles. The maximum atomic E-state index is 13.1.